The van der Waals surface area contributed by atoms with Crippen LogP contribution in [0.4, 0.5) is 0 Å². The van der Waals surface area contributed by atoms with Crippen LogP contribution in [-0.4, -0.2) is 28.8 Å². The van der Waals surface area contributed by atoms with Crippen LogP contribution in [0.5, 0.6) is 5.75 Å². The molecule has 1 heterocycles. The van der Waals surface area contributed by atoms with Crippen molar-refractivity contribution in [3.05, 3.63) is 58.0 Å². The summed E-state index contributed by atoms with van der Waals surface area (Å²) in [6.07, 6.45) is 0. The van der Waals surface area contributed by atoms with Gasteiger partial charge in [0.05, 0.1) is 6.54 Å². The number of ether oxygens (including phenoxy) is 1. The number of benzene rings is 1. The van der Waals surface area contributed by atoms with Crippen molar-refractivity contribution in [1.82, 2.24) is 15.1 Å². The van der Waals surface area contributed by atoms with Gasteiger partial charge in [-0.3, -0.25) is 9.59 Å². The molecule has 0 saturated heterocycles. The van der Waals surface area contributed by atoms with Gasteiger partial charge >= 0.3 is 0 Å². The molecule has 0 spiro atoms. The van der Waals surface area contributed by atoms with E-state index >= 15 is 0 Å². The lowest BCUT2D eigenvalue weighted by molar-refractivity contribution is 0.0939. The number of hydrogen-bond donors (Lipinski definition) is 1. The first-order valence-corrected chi connectivity index (χ1v) is 6.58. The van der Waals surface area contributed by atoms with Crippen molar-refractivity contribution in [3.63, 3.8) is 0 Å². The van der Waals surface area contributed by atoms with E-state index in [1.807, 2.05) is 31.2 Å². The van der Waals surface area contributed by atoms with Crippen LogP contribution in [-0.2, 0) is 7.05 Å². The molecule has 0 saturated carbocycles. The summed E-state index contributed by atoms with van der Waals surface area (Å²) in [7, 11) is 1.50. The minimum absolute atomic E-state index is 0.201. The molecule has 2 rings (SSSR count). The van der Waals surface area contributed by atoms with Crippen LogP contribution in [0.2, 0.25) is 0 Å². The van der Waals surface area contributed by atoms with Gasteiger partial charge in [-0.25, -0.2) is 4.68 Å². The van der Waals surface area contributed by atoms with Crippen molar-refractivity contribution < 1.29 is 9.53 Å². The predicted molar refractivity (Wildman–Crippen MR) is 78.5 cm³/mol. The molecule has 0 atom stereocenters. The van der Waals surface area contributed by atoms with Gasteiger partial charge in [-0.1, -0.05) is 17.7 Å². The number of rotatable bonds is 5. The molecule has 0 bridgehead atoms. The number of hydrogen-bond acceptors (Lipinski definition) is 4. The van der Waals surface area contributed by atoms with Gasteiger partial charge in [-0.05, 0) is 25.1 Å². The largest absolute Gasteiger partial charge is 0.492 e. The molecule has 21 heavy (non-hydrogen) atoms. The summed E-state index contributed by atoms with van der Waals surface area (Å²) in [6, 6.07) is 10.4. The van der Waals surface area contributed by atoms with Gasteiger partial charge in [0.2, 0.25) is 0 Å². The first-order valence-electron chi connectivity index (χ1n) is 6.58. The molecule has 1 aromatic carbocycles. The lowest BCUT2D eigenvalue weighted by Crippen LogP contribution is -2.31. The van der Waals surface area contributed by atoms with Crippen molar-refractivity contribution in [1.29, 1.82) is 0 Å². The van der Waals surface area contributed by atoms with Crippen LogP contribution >= 0.6 is 0 Å². The molecule has 0 radical (unpaired) electrons. The standard InChI is InChI=1S/C15H17N3O3/c1-11-3-5-12(6-4-11)21-10-9-16-15(20)13-7-8-14(19)18(2)17-13/h3-8H,9-10H2,1-2H3,(H,16,20). The summed E-state index contributed by atoms with van der Waals surface area (Å²) in [5.74, 6) is 0.424. The Labute approximate surface area is 122 Å². The van der Waals surface area contributed by atoms with E-state index in [4.69, 9.17) is 4.74 Å². The molecule has 0 aliphatic heterocycles. The Bertz CT molecular complexity index is 677. The zero-order chi connectivity index (χ0) is 15.2. The van der Waals surface area contributed by atoms with Crippen molar-refractivity contribution in [3.8, 4) is 5.75 Å². The van der Waals surface area contributed by atoms with Gasteiger partial charge in [-0.15, -0.1) is 0 Å². The Kier molecular flexibility index (Phi) is 4.71. The van der Waals surface area contributed by atoms with E-state index in [-0.39, 0.29) is 17.2 Å². The minimum Gasteiger partial charge on any atom is -0.492 e. The van der Waals surface area contributed by atoms with E-state index in [1.165, 1.54) is 19.2 Å². The fraction of sp³-hybridized carbons (Fsp3) is 0.267. The van der Waals surface area contributed by atoms with Gasteiger partial charge in [0.25, 0.3) is 11.5 Å². The molecule has 0 fully saturated rings. The topological polar surface area (TPSA) is 73.2 Å². The molecule has 0 aliphatic carbocycles. The summed E-state index contributed by atoms with van der Waals surface area (Å²) >= 11 is 0. The summed E-state index contributed by atoms with van der Waals surface area (Å²) in [4.78, 5) is 23.0. The van der Waals surface area contributed by atoms with Gasteiger partial charge in [0.1, 0.15) is 18.1 Å². The Morgan fingerprint density at radius 2 is 1.95 bits per heavy atom. The van der Waals surface area contributed by atoms with Gasteiger partial charge in [-0.2, -0.15) is 5.10 Å². The molecular formula is C15H17N3O3. The van der Waals surface area contributed by atoms with E-state index in [1.54, 1.807) is 0 Å². The monoisotopic (exact) mass is 287 g/mol. The molecule has 6 nitrogen and oxygen atoms in total. The highest BCUT2D eigenvalue weighted by molar-refractivity contribution is 5.91. The van der Waals surface area contributed by atoms with Crippen LogP contribution in [0, 0.1) is 6.92 Å². The zero-order valence-corrected chi connectivity index (χ0v) is 12.0. The lowest BCUT2D eigenvalue weighted by atomic mass is 10.2. The van der Waals surface area contributed by atoms with Crippen molar-refractivity contribution in [2.75, 3.05) is 13.2 Å². The van der Waals surface area contributed by atoms with E-state index in [0.29, 0.717) is 13.2 Å². The second-order valence-electron chi connectivity index (χ2n) is 4.60. The Morgan fingerprint density at radius 1 is 1.24 bits per heavy atom. The number of aromatic nitrogens is 2. The highest BCUT2D eigenvalue weighted by atomic mass is 16.5. The smallest absolute Gasteiger partial charge is 0.271 e. The van der Waals surface area contributed by atoms with Crippen LogP contribution in [0.1, 0.15) is 16.1 Å². The second kappa shape index (κ2) is 6.69. The van der Waals surface area contributed by atoms with Crippen LogP contribution < -0.4 is 15.6 Å². The van der Waals surface area contributed by atoms with E-state index < -0.39 is 0 Å². The normalized spacial score (nSPS) is 10.2. The number of carbonyl (C=O) groups excluding carboxylic acids is 1. The highest BCUT2D eigenvalue weighted by Gasteiger charge is 2.07. The zero-order valence-electron chi connectivity index (χ0n) is 12.0. The van der Waals surface area contributed by atoms with Gasteiger partial charge in [0.15, 0.2) is 0 Å². The van der Waals surface area contributed by atoms with Crippen molar-refractivity contribution >= 4 is 5.91 Å². The Morgan fingerprint density at radius 3 is 2.62 bits per heavy atom. The summed E-state index contributed by atoms with van der Waals surface area (Å²) in [5, 5.41) is 6.56. The first-order chi connectivity index (χ1) is 10.1. The Balaban J connectivity index is 1.80. The van der Waals surface area contributed by atoms with E-state index in [2.05, 4.69) is 10.4 Å². The van der Waals surface area contributed by atoms with Crippen molar-refractivity contribution in [2.45, 2.75) is 6.92 Å². The highest BCUT2D eigenvalue weighted by Crippen LogP contribution is 2.10. The molecule has 1 amide bonds. The predicted octanol–water partition coefficient (Wildman–Crippen LogP) is 0.898. The first kappa shape index (κ1) is 14.8. The summed E-state index contributed by atoms with van der Waals surface area (Å²) in [5.41, 5.74) is 1.11. The van der Waals surface area contributed by atoms with E-state index in [0.717, 1.165) is 16.0 Å². The third kappa shape index (κ3) is 4.17. The van der Waals surface area contributed by atoms with Crippen LogP contribution in [0.15, 0.2) is 41.2 Å². The third-order valence-corrected chi connectivity index (χ3v) is 2.87. The maximum atomic E-state index is 11.8. The average molecular weight is 287 g/mol. The maximum Gasteiger partial charge on any atom is 0.271 e. The summed E-state index contributed by atoms with van der Waals surface area (Å²) < 4.78 is 6.62. The number of aryl methyl sites for hydroxylation is 2. The Hall–Kier alpha value is -2.63. The van der Waals surface area contributed by atoms with Gasteiger partial charge in [0, 0.05) is 13.1 Å². The van der Waals surface area contributed by atoms with Crippen LogP contribution in [0.3, 0.4) is 0 Å². The second-order valence-corrected chi connectivity index (χ2v) is 4.60. The third-order valence-electron chi connectivity index (χ3n) is 2.87. The van der Waals surface area contributed by atoms with Crippen molar-refractivity contribution in [2.24, 2.45) is 7.05 Å². The molecule has 110 valence electrons. The van der Waals surface area contributed by atoms with Crippen LogP contribution in [0.25, 0.3) is 0 Å². The van der Waals surface area contributed by atoms with E-state index in [9.17, 15) is 9.59 Å². The SMILES string of the molecule is Cc1ccc(OCCNC(=O)c2ccc(=O)n(C)n2)cc1. The molecular weight excluding hydrogens is 270 g/mol. The fourth-order valence-corrected chi connectivity index (χ4v) is 1.68. The summed E-state index contributed by atoms with van der Waals surface area (Å²) in [6.45, 7) is 2.72. The maximum absolute atomic E-state index is 11.8. The molecule has 2 aromatic rings. The number of nitrogens with one attached hydrogen (secondary N) is 1. The molecule has 1 N–H and O–H groups in total. The number of nitrogens with zero attached hydrogens (tertiary/aromatic N) is 2. The lowest BCUT2D eigenvalue weighted by Gasteiger charge is -2.08. The molecule has 0 aliphatic rings. The number of amides is 1. The molecule has 1 aromatic heterocycles. The average Bonchev–Trinajstić information content (AvgIpc) is 2.48. The molecule has 0 unspecified atom stereocenters. The quantitative estimate of drug-likeness (QED) is 0.829. The van der Waals surface area contributed by atoms with Gasteiger partial charge < -0.3 is 10.1 Å². The number of carbonyl (C=O) groups is 1. The minimum atomic E-state index is -0.335. The molecule has 6 heteroatoms. The fourth-order valence-electron chi connectivity index (χ4n) is 1.68.